The van der Waals surface area contributed by atoms with Gasteiger partial charge in [0, 0.05) is 37.7 Å². The standard InChI is InChI=1S/C20H27N3O5S2/c1-20(2,3)19-21-13-16(29-19)18(24)22-8-10-23(11-9-22)30(25,26)17-12-14(27-4)6-7-15(17)28-5/h6-7,12-13H,8-11H2,1-5H3. The van der Waals surface area contributed by atoms with Gasteiger partial charge in [0.1, 0.15) is 21.3 Å². The first kappa shape index (κ1) is 22.5. The van der Waals surface area contributed by atoms with Crippen LogP contribution in [0.25, 0.3) is 0 Å². The molecule has 0 unspecified atom stereocenters. The fourth-order valence-corrected chi connectivity index (χ4v) is 5.67. The molecule has 1 fully saturated rings. The summed E-state index contributed by atoms with van der Waals surface area (Å²) in [6.45, 7) is 7.20. The van der Waals surface area contributed by atoms with Crippen LogP contribution >= 0.6 is 11.3 Å². The lowest BCUT2D eigenvalue weighted by molar-refractivity contribution is 0.0702. The number of methoxy groups -OCH3 is 2. The fraction of sp³-hybridized carbons (Fsp3) is 0.500. The number of aromatic nitrogens is 1. The second-order valence-electron chi connectivity index (χ2n) is 7.99. The van der Waals surface area contributed by atoms with Crippen molar-refractivity contribution >= 4 is 27.3 Å². The van der Waals surface area contributed by atoms with Gasteiger partial charge in [0.25, 0.3) is 5.91 Å². The Labute approximate surface area is 181 Å². The molecule has 1 aliphatic heterocycles. The molecular formula is C20H27N3O5S2. The SMILES string of the molecule is COc1ccc(OC)c(S(=O)(=O)N2CCN(C(=O)c3cnc(C(C)(C)C)s3)CC2)c1. The minimum absolute atomic E-state index is 0.0569. The van der Waals surface area contributed by atoms with Crippen LogP contribution in [-0.4, -0.2) is 68.9 Å². The molecule has 0 spiro atoms. The van der Waals surface area contributed by atoms with Gasteiger partial charge >= 0.3 is 0 Å². The van der Waals surface area contributed by atoms with E-state index in [-0.39, 0.29) is 35.1 Å². The van der Waals surface area contributed by atoms with E-state index >= 15 is 0 Å². The van der Waals surface area contributed by atoms with Gasteiger partial charge in [-0.2, -0.15) is 4.31 Å². The molecule has 10 heteroatoms. The Bertz CT molecular complexity index is 1020. The first-order valence-electron chi connectivity index (χ1n) is 9.55. The number of hydrogen-bond donors (Lipinski definition) is 0. The minimum Gasteiger partial charge on any atom is -0.497 e. The van der Waals surface area contributed by atoms with Gasteiger partial charge in [-0.25, -0.2) is 13.4 Å². The normalized spacial score (nSPS) is 15.8. The molecule has 0 saturated carbocycles. The Balaban J connectivity index is 1.73. The lowest BCUT2D eigenvalue weighted by Gasteiger charge is -2.34. The number of sulfonamides is 1. The average Bonchev–Trinajstić information content (AvgIpc) is 3.23. The number of carbonyl (C=O) groups excluding carboxylic acids is 1. The number of nitrogens with zero attached hydrogens (tertiary/aromatic N) is 3. The van der Waals surface area contributed by atoms with Crippen LogP contribution in [-0.2, 0) is 15.4 Å². The Morgan fingerprint density at radius 1 is 1.10 bits per heavy atom. The monoisotopic (exact) mass is 453 g/mol. The van der Waals surface area contributed by atoms with E-state index in [2.05, 4.69) is 25.8 Å². The maximum absolute atomic E-state index is 13.2. The zero-order chi connectivity index (χ0) is 22.1. The van der Waals surface area contributed by atoms with E-state index in [4.69, 9.17) is 9.47 Å². The molecule has 0 atom stereocenters. The van der Waals surface area contributed by atoms with Crippen LogP contribution in [0.2, 0.25) is 0 Å². The van der Waals surface area contributed by atoms with Crippen molar-refractivity contribution in [2.45, 2.75) is 31.1 Å². The lowest BCUT2D eigenvalue weighted by Crippen LogP contribution is -2.50. The number of rotatable bonds is 5. The highest BCUT2D eigenvalue weighted by molar-refractivity contribution is 7.89. The molecule has 0 aliphatic carbocycles. The van der Waals surface area contributed by atoms with Crippen LogP contribution in [0.4, 0.5) is 0 Å². The van der Waals surface area contributed by atoms with E-state index in [1.54, 1.807) is 23.2 Å². The maximum atomic E-state index is 13.2. The first-order valence-corrected chi connectivity index (χ1v) is 11.8. The van der Waals surface area contributed by atoms with Gasteiger partial charge in [0.05, 0.1) is 25.4 Å². The van der Waals surface area contributed by atoms with Crippen molar-refractivity contribution in [3.05, 3.63) is 34.3 Å². The van der Waals surface area contributed by atoms with Gasteiger partial charge in [0.15, 0.2) is 0 Å². The van der Waals surface area contributed by atoms with Crippen molar-refractivity contribution < 1.29 is 22.7 Å². The summed E-state index contributed by atoms with van der Waals surface area (Å²) in [6.07, 6.45) is 1.61. The minimum atomic E-state index is -3.79. The molecular weight excluding hydrogens is 426 g/mol. The molecule has 1 aliphatic rings. The van der Waals surface area contributed by atoms with E-state index < -0.39 is 10.0 Å². The van der Waals surface area contributed by atoms with Crippen molar-refractivity contribution in [1.29, 1.82) is 0 Å². The molecule has 164 valence electrons. The van der Waals surface area contributed by atoms with E-state index in [0.29, 0.717) is 23.7 Å². The molecule has 0 N–H and O–H groups in total. The average molecular weight is 454 g/mol. The molecule has 1 amide bonds. The third-order valence-electron chi connectivity index (χ3n) is 4.87. The van der Waals surface area contributed by atoms with Crippen molar-refractivity contribution in [3.63, 3.8) is 0 Å². The summed E-state index contributed by atoms with van der Waals surface area (Å²) in [4.78, 5) is 19.5. The Kier molecular flexibility index (Phi) is 6.40. The molecule has 1 aromatic heterocycles. The Hall–Kier alpha value is -2.17. The van der Waals surface area contributed by atoms with Crippen LogP contribution < -0.4 is 9.47 Å². The lowest BCUT2D eigenvalue weighted by atomic mass is 9.98. The summed E-state index contributed by atoms with van der Waals surface area (Å²) in [5, 5.41) is 0.900. The molecule has 1 saturated heterocycles. The Morgan fingerprint density at radius 3 is 2.30 bits per heavy atom. The van der Waals surface area contributed by atoms with Crippen molar-refractivity contribution in [1.82, 2.24) is 14.2 Å². The summed E-state index contributed by atoms with van der Waals surface area (Å²) in [5.74, 6) is 0.579. The number of benzene rings is 1. The van der Waals surface area contributed by atoms with Crippen LogP contribution in [0.3, 0.4) is 0 Å². The molecule has 3 rings (SSSR count). The van der Waals surface area contributed by atoms with Gasteiger partial charge in [-0.1, -0.05) is 20.8 Å². The number of hydrogen-bond acceptors (Lipinski definition) is 7. The highest BCUT2D eigenvalue weighted by atomic mass is 32.2. The number of amides is 1. The van der Waals surface area contributed by atoms with Crippen molar-refractivity contribution in [2.24, 2.45) is 0 Å². The molecule has 30 heavy (non-hydrogen) atoms. The number of ether oxygens (including phenoxy) is 2. The summed E-state index contributed by atoms with van der Waals surface area (Å²) in [6, 6.07) is 4.68. The van der Waals surface area contributed by atoms with Gasteiger partial charge in [0.2, 0.25) is 10.0 Å². The Morgan fingerprint density at radius 2 is 1.77 bits per heavy atom. The van der Waals surface area contributed by atoms with E-state index in [0.717, 1.165) is 5.01 Å². The van der Waals surface area contributed by atoms with E-state index in [1.165, 1.54) is 35.9 Å². The predicted octanol–water partition coefficient (Wildman–Crippen LogP) is 2.60. The number of piperazine rings is 1. The quantitative estimate of drug-likeness (QED) is 0.691. The second kappa shape index (κ2) is 8.52. The first-order chi connectivity index (χ1) is 14.1. The van der Waals surface area contributed by atoms with Crippen LogP contribution in [0.5, 0.6) is 11.5 Å². The third-order valence-corrected chi connectivity index (χ3v) is 8.20. The van der Waals surface area contributed by atoms with Gasteiger partial charge < -0.3 is 14.4 Å². The van der Waals surface area contributed by atoms with E-state index in [1.807, 2.05) is 0 Å². The van der Waals surface area contributed by atoms with Crippen molar-refractivity contribution in [2.75, 3.05) is 40.4 Å². The molecule has 2 aromatic rings. The summed E-state index contributed by atoms with van der Waals surface area (Å²) < 4.78 is 38.1. The topological polar surface area (TPSA) is 89.0 Å². The van der Waals surface area contributed by atoms with Gasteiger partial charge in [-0.05, 0) is 12.1 Å². The van der Waals surface area contributed by atoms with Gasteiger partial charge in [-0.15, -0.1) is 11.3 Å². The second-order valence-corrected chi connectivity index (χ2v) is 10.9. The van der Waals surface area contributed by atoms with Crippen LogP contribution in [0.1, 0.15) is 35.5 Å². The predicted molar refractivity (Wildman–Crippen MR) is 115 cm³/mol. The summed E-state index contributed by atoms with van der Waals surface area (Å²) in [5.41, 5.74) is -0.119. The largest absolute Gasteiger partial charge is 0.497 e. The zero-order valence-corrected chi connectivity index (χ0v) is 19.5. The summed E-state index contributed by atoms with van der Waals surface area (Å²) >= 11 is 1.39. The molecule has 0 radical (unpaired) electrons. The highest BCUT2D eigenvalue weighted by Gasteiger charge is 2.33. The fourth-order valence-electron chi connectivity index (χ4n) is 3.13. The van der Waals surface area contributed by atoms with Crippen LogP contribution in [0.15, 0.2) is 29.3 Å². The highest BCUT2D eigenvalue weighted by Crippen LogP contribution is 2.31. The molecule has 8 nitrogen and oxygen atoms in total. The van der Waals surface area contributed by atoms with Crippen molar-refractivity contribution in [3.8, 4) is 11.5 Å². The smallest absolute Gasteiger partial charge is 0.265 e. The molecule has 1 aromatic carbocycles. The van der Waals surface area contributed by atoms with E-state index in [9.17, 15) is 13.2 Å². The third kappa shape index (κ3) is 4.45. The molecule has 0 bridgehead atoms. The maximum Gasteiger partial charge on any atom is 0.265 e. The van der Waals surface area contributed by atoms with Gasteiger partial charge in [-0.3, -0.25) is 4.79 Å². The molecule has 2 heterocycles. The van der Waals surface area contributed by atoms with Crippen LogP contribution in [0, 0.1) is 0 Å². The number of carbonyl (C=O) groups is 1. The number of thiazole rings is 1. The zero-order valence-electron chi connectivity index (χ0n) is 17.8. The summed E-state index contributed by atoms with van der Waals surface area (Å²) in [7, 11) is -0.878.